The van der Waals surface area contributed by atoms with Gasteiger partial charge in [0, 0.05) is 38.5 Å². The molecule has 6 nitrogen and oxygen atoms in total. The highest BCUT2D eigenvalue weighted by Gasteiger charge is 2.45. The normalized spacial score (nSPS) is 23.0. The number of aliphatic hydroxyl groups is 1. The molecule has 1 amide bonds. The van der Waals surface area contributed by atoms with E-state index in [1.54, 1.807) is 12.0 Å². The molecule has 4 rings (SSSR count). The van der Waals surface area contributed by atoms with Crippen LogP contribution in [0.1, 0.15) is 36.0 Å². The maximum absolute atomic E-state index is 12.2. The molecule has 2 aliphatic rings. The van der Waals surface area contributed by atoms with Crippen LogP contribution in [0.4, 0.5) is 4.79 Å². The maximum Gasteiger partial charge on any atom is 0.409 e. The highest BCUT2D eigenvalue weighted by molar-refractivity contribution is 5.68. The first-order valence-corrected chi connectivity index (χ1v) is 10.8. The zero-order chi connectivity index (χ0) is 22.0. The van der Waals surface area contributed by atoms with Crippen LogP contribution >= 0.6 is 0 Å². The van der Waals surface area contributed by atoms with E-state index in [2.05, 4.69) is 31.2 Å². The molecule has 166 valence electrons. The minimum absolute atomic E-state index is 0.0628. The number of hydrogen-bond donors (Lipinski definition) is 1. The van der Waals surface area contributed by atoms with Gasteiger partial charge in [0.2, 0.25) is 0 Å². The Morgan fingerprint density at radius 2 is 1.84 bits per heavy atom. The lowest BCUT2D eigenvalue weighted by molar-refractivity contribution is 0.124. The van der Waals surface area contributed by atoms with Crippen molar-refractivity contribution in [3.8, 4) is 11.5 Å². The van der Waals surface area contributed by atoms with Crippen LogP contribution in [0, 0.1) is 5.41 Å². The highest BCUT2D eigenvalue weighted by atomic mass is 16.5. The van der Waals surface area contributed by atoms with Crippen molar-refractivity contribution in [2.45, 2.75) is 38.2 Å². The van der Waals surface area contributed by atoms with Crippen LogP contribution < -0.4 is 9.47 Å². The molecule has 2 aromatic rings. The van der Waals surface area contributed by atoms with E-state index in [4.69, 9.17) is 14.2 Å². The molecular formula is C25H31NO5. The minimum Gasteiger partial charge on any atom is -0.493 e. The summed E-state index contributed by atoms with van der Waals surface area (Å²) >= 11 is 0. The Balaban J connectivity index is 1.59. The first-order valence-electron chi connectivity index (χ1n) is 10.8. The van der Waals surface area contributed by atoms with E-state index in [9.17, 15) is 9.90 Å². The number of nitrogens with zero attached hydrogens (tertiary/aromatic N) is 1. The predicted molar refractivity (Wildman–Crippen MR) is 118 cm³/mol. The van der Waals surface area contributed by atoms with Crippen molar-refractivity contribution in [2.75, 3.05) is 33.9 Å². The third-order valence-corrected chi connectivity index (χ3v) is 6.81. The van der Waals surface area contributed by atoms with E-state index in [-0.39, 0.29) is 30.1 Å². The molecular weight excluding hydrogens is 394 g/mol. The van der Waals surface area contributed by atoms with Crippen LogP contribution in [0.3, 0.4) is 0 Å². The van der Waals surface area contributed by atoms with E-state index < -0.39 is 0 Å². The number of aliphatic hydroxyl groups excluding tert-OH is 1. The van der Waals surface area contributed by atoms with E-state index in [0.717, 1.165) is 24.2 Å². The van der Waals surface area contributed by atoms with Gasteiger partial charge >= 0.3 is 6.09 Å². The van der Waals surface area contributed by atoms with Gasteiger partial charge in [-0.3, -0.25) is 0 Å². The number of carbonyl (C=O) groups is 1. The Kier molecular flexibility index (Phi) is 6.10. The fourth-order valence-corrected chi connectivity index (χ4v) is 5.12. The molecule has 0 spiro atoms. The predicted octanol–water partition coefficient (Wildman–Crippen LogP) is 3.80. The Bertz CT molecular complexity index is 920. The zero-order valence-electron chi connectivity index (χ0n) is 18.5. The molecule has 0 radical (unpaired) electrons. The quantitative estimate of drug-likeness (QED) is 0.763. The Labute approximate surface area is 183 Å². The molecule has 2 unspecified atom stereocenters. The van der Waals surface area contributed by atoms with Crippen molar-refractivity contribution in [1.29, 1.82) is 0 Å². The monoisotopic (exact) mass is 425 g/mol. The Hall–Kier alpha value is -2.73. The van der Waals surface area contributed by atoms with Gasteiger partial charge in [-0.25, -0.2) is 4.79 Å². The molecule has 0 saturated carbocycles. The number of likely N-dealkylation sites (tertiary alicyclic amines) is 1. The van der Waals surface area contributed by atoms with Crippen LogP contribution in [-0.4, -0.2) is 56.1 Å². The van der Waals surface area contributed by atoms with Gasteiger partial charge in [0.15, 0.2) is 11.5 Å². The van der Waals surface area contributed by atoms with Crippen molar-refractivity contribution in [2.24, 2.45) is 5.41 Å². The minimum atomic E-state index is -0.333. The van der Waals surface area contributed by atoms with E-state index in [1.165, 1.54) is 18.2 Å². The van der Waals surface area contributed by atoms with Gasteiger partial charge in [0.1, 0.15) is 6.10 Å². The highest BCUT2D eigenvalue weighted by Crippen LogP contribution is 2.47. The number of methoxy groups -OCH3 is 2. The molecule has 0 aromatic heterocycles. The molecule has 31 heavy (non-hydrogen) atoms. The van der Waals surface area contributed by atoms with Gasteiger partial charge in [0.05, 0.1) is 14.2 Å². The van der Waals surface area contributed by atoms with Crippen molar-refractivity contribution in [3.63, 3.8) is 0 Å². The zero-order valence-corrected chi connectivity index (χ0v) is 18.5. The Morgan fingerprint density at radius 3 is 2.45 bits per heavy atom. The van der Waals surface area contributed by atoms with Crippen LogP contribution in [0.25, 0.3) is 0 Å². The first kappa shape index (κ1) is 21.5. The smallest absolute Gasteiger partial charge is 0.409 e. The number of carbonyl (C=O) groups excluding carboxylic acids is 1. The van der Waals surface area contributed by atoms with Crippen LogP contribution in [-0.2, 0) is 17.6 Å². The van der Waals surface area contributed by atoms with Gasteiger partial charge < -0.3 is 24.2 Å². The molecule has 1 heterocycles. The summed E-state index contributed by atoms with van der Waals surface area (Å²) < 4.78 is 17.0. The molecule has 1 saturated heterocycles. The number of benzene rings is 2. The lowest BCUT2D eigenvalue weighted by atomic mass is 9.74. The molecule has 2 aromatic carbocycles. The fourth-order valence-electron chi connectivity index (χ4n) is 5.12. The van der Waals surface area contributed by atoms with Crippen LogP contribution in [0.2, 0.25) is 0 Å². The van der Waals surface area contributed by atoms with Gasteiger partial charge in [-0.2, -0.15) is 0 Å². The summed E-state index contributed by atoms with van der Waals surface area (Å²) in [6.45, 7) is 3.28. The summed E-state index contributed by atoms with van der Waals surface area (Å²) in [4.78, 5) is 13.9. The summed E-state index contributed by atoms with van der Waals surface area (Å²) in [5.74, 6) is 1.49. The van der Waals surface area contributed by atoms with Gasteiger partial charge in [-0.05, 0) is 40.7 Å². The van der Waals surface area contributed by atoms with Crippen molar-refractivity contribution < 1.29 is 24.1 Å². The van der Waals surface area contributed by atoms with Crippen LogP contribution in [0.15, 0.2) is 42.5 Å². The van der Waals surface area contributed by atoms with Gasteiger partial charge in [0.25, 0.3) is 0 Å². The van der Waals surface area contributed by atoms with E-state index in [1.807, 2.05) is 18.2 Å². The largest absolute Gasteiger partial charge is 0.493 e. The molecule has 1 N–H and O–H groups in total. The summed E-state index contributed by atoms with van der Waals surface area (Å²) in [7, 11) is 3.05. The molecule has 1 aliphatic carbocycles. The average molecular weight is 426 g/mol. The lowest BCUT2D eigenvalue weighted by Gasteiger charge is -2.30. The van der Waals surface area contributed by atoms with Gasteiger partial charge in [-0.15, -0.1) is 0 Å². The number of hydrogen-bond acceptors (Lipinski definition) is 5. The fraction of sp³-hybridized carbons (Fsp3) is 0.480. The summed E-state index contributed by atoms with van der Waals surface area (Å²) in [5, 5.41) is 9.67. The van der Waals surface area contributed by atoms with E-state index >= 15 is 0 Å². The van der Waals surface area contributed by atoms with Crippen molar-refractivity contribution >= 4 is 6.09 Å². The topological polar surface area (TPSA) is 68.2 Å². The second-order valence-electron chi connectivity index (χ2n) is 8.86. The molecule has 0 bridgehead atoms. The molecule has 2 atom stereocenters. The molecule has 6 heteroatoms. The lowest BCUT2D eigenvalue weighted by Crippen LogP contribution is -2.31. The number of ether oxygens (including phenoxy) is 3. The van der Waals surface area contributed by atoms with Crippen molar-refractivity contribution in [3.05, 3.63) is 59.2 Å². The summed E-state index contributed by atoms with van der Waals surface area (Å²) in [6, 6.07) is 14.5. The molecule has 1 aliphatic heterocycles. The third kappa shape index (κ3) is 4.22. The summed E-state index contributed by atoms with van der Waals surface area (Å²) in [6.07, 6.45) is 2.10. The standard InChI is InChI=1S/C25H31NO5/c1-25(10-11-27)16-26(24(28)30-3)15-21(25)19-8-9-22(29-2)23(14-19)31-20-12-17-6-4-5-7-18(17)13-20/h4-9,14,20-21,27H,10-13,15-16H2,1-3H3. The van der Waals surface area contributed by atoms with Crippen LogP contribution in [0.5, 0.6) is 11.5 Å². The van der Waals surface area contributed by atoms with Crippen molar-refractivity contribution in [1.82, 2.24) is 4.90 Å². The van der Waals surface area contributed by atoms with E-state index in [0.29, 0.717) is 25.3 Å². The SMILES string of the molecule is COC(=O)N1CC(c2ccc(OC)c(OC3Cc4ccccc4C3)c2)C(C)(CCO)C1. The third-order valence-electron chi connectivity index (χ3n) is 6.81. The Morgan fingerprint density at radius 1 is 1.13 bits per heavy atom. The first-order chi connectivity index (χ1) is 15.0. The molecule has 1 fully saturated rings. The number of fused-ring (bicyclic) bond motifs is 1. The average Bonchev–Trinajstić information content (AvgIpc) is 3.33. The second-order valence-corrected chi connectivity index (χ2v) is 8.86. The summed E-state index contributed by atoms with van der Waals surface area (Å²) in [5.41, 5.74) is 3.50. The van der Waals surface area contributed by atoms with Gasteiger partial charge in [-0.1, -0.05) is 37.3 Å². The maximum atomic E-state index is 12.2. The number of rotatable bonds is 6. The second kappa shape index (κ2) is 8.79. The number of amides is 1.